The van der Waals surface area contributed by atoms with Gasteiger partial charge in [-0.1, -0.05) is 15.9 Å². The molecule has 2 aliphatic rings. The summed E-state index contributed by atoms with van der Waals surface area (Å²) in [5.41, 5.74) is 0.589. The van der Waals surface area contributed by atoms with E-state index in [1.807, 2.05) is 0 Å². The van der Waals surface area contributed by atoms with Gasteiger partial charge in [0.05, 0.1) is 11.1 Å². The molecule has 0 saturated heterocycles. The molecule has 0 bridgehead atoms. The second kappa shape index (κ2) is 6.72. The van der Waals surface area contributed by atoms with Crippen molar-refractivity contribution in [2.24, 2.45) is 5.92 Å². The van der Waals surface area contributed by atoms with Gasteiger partial charge in [0, 0.05) is 23.5 Å². The second-order valence-electron chi connectivity index (χ2n) is 5.80. The van der Waals surface area contributed by atoms with Gasteiger partial charge >= 0.3 is 0 Å². The van der Waals surface area contributed by atoms with Crippen LogP contribution in [0.3, 0.4) is 0 Å². The van der Waals surface area contributed by atoms with E-state index in [0.717, 1.165) is 17.7 Å². The Bertz CT molecular complexity index is 730. The second-order valence-corrected chi connectivity index (χ2v) is 6.72. The Morgan fingerprint density at radius 3 is 2.46 bits per heavy atom. The van der Waals surface area contributed by atoms with Crippen molar-refractivity contribution < 1.29 is 19.2 Å². The summed E-state index contributed by atoms with van der Waals surface area (Å²) in [5, 5.41) is 5.32. The number of rotatable bonds is 6. The first-order valence-corrected chi connectivity index (χ1v) is 8.47. The lowest BCUT2D eigenvalue weighted by Gasteiger charge is -2.13. The van der Waals surface area contributed by atoms with E-state index >= 15 is 0 Å². The molecular formula is C16H16BrN3O4. The van der Waals surface area contributed by atoms with E-state index in [2.05, 4.69) is 26.6 Å². The number of nitrogens with one attached hydrogen (secondary N) is 2. The first-order chi connectivity index (χ1) is 11.5. The monoisotopic (exact) mass is 393 g/mol. The zero-order valence-corrected chi connectivity index (χ0v) is 14.4. The van der Waals surface area contributed by atoms with Crippen LogP contribution in [0, 0.1) is 5.92 Å². The molecule has 126 valence electrons. The Kier molecular flexibility index (Phi) is 4.66. The van der Waals surface area contributed by atoms with E-state index in [1.165, 1.54) is 0 Å². The number of imide groups is 1. The summed E-state index contributed by atoms with van der Waals surface area (Å²) in [4.78, 5) is 48.7. The largest absolute Gasteiger partial charge is 0.354 e. The molecule has 1 aliphatic carbocycles. The third-order valence-corrected chi connectivity index (χ3v) is 4.42. The van der Waals surface area contributed by atoms with Crippen molar-refractivity contribution in [1.82, 2.24) is 15.5 Å². The van der Waals surface area contributed by atoms with Crippen molar-refractivity contribution in [3.05, 3.63) is 33.8 Å². The SMILES string of the molecule is O=C(CN1C(=O)c2ccc(Br)cc2C1=O)NCCNC(=O)C1CC1. The number of carbonyl (C=O) groups is 4. The Labute approximate surface area is 146 Å². The molecule has 0 aromatic heterocycles. The Morgan fingerprint density at radius 2 is 1.75 bits per heavy atom. The van der Waals surface area contributed by atoms with Gasteiger partial charge in [0.25, 0.3) is 11.8 Å². The molecule has 0 unspecified atom stereocenters. The van der Waals surface area contributed by atoms with Crippen molar-refractivity contribution in [2.75, 3.05) is 19.6 Å². The molecular weight excluding hydrogens is 378 g/mol. The summed E-state index contributed by atoms with van der Waals surface area (Å²) >= 11 is 3.26. The predicted molar refractivity (Wildman–Crippen MR) is 88.3 cm³/mol. The standard InChI is InChI=1S/C16H16BrN3O4/c17-10-3-4-11-12(7-10)16(24)20(15(11)23)8-13(21)18-5-6-19-14(22)9-1-2-9/h3-4,7,9H,1-2,5-6,8H2,(H,18,21)(H,19,22). The quantitative estimate of drug-likeness (QED) is 0.548. The maximum Gasteiger partial charge on any atom is 0.262 e. The topological polar surface area (TPSA) is 95.6 Å². The van der Waals surface area contributed by atoms with Crippen molar-refractivity contribution in [1.29, 1.82) is 0 Å². The molecule has 24 heavy (non-hydrogen) atoms. The molecule has 1 aliphatic heterocycles. The molecule has 0 atom stereocenters. The maximum atomic E-state index is 12.2. The van der Waals surface area contributed by atoms with E-state index < -0.39 is 17.7 Å². The summed E-state index contributed by atoms with van der Waals surface area (Å²) in [6, 6.07) is 4.81. The molecule has 3 rings (SSSR count). The van der Waals surface area contributed by atoms with Crippen LogP contribution in [0.1, 0.15) is 33.6 Å². The summed E-state index contributed by atoms with van der Waals surface area (Å²) < 4.78 is 0.695. The highest BCUT2D eigenvalue weighted by Gasteiger charge is 2.36. The molecule has 7 nitrogen and oxygen atoms in total. The molecule has 2 N–H and O–H groups in total. The van der Waals surface area contributed by atoms with Gasteiger partial charge in [-0.05, 0) is 31.0 Å². The van der Waals surface area contributed by atoms with E-state index in [0.29, 0.717) is 22.1 Å². The number of halogens is 1. The molecule has 0 spiro atoms. The minimum Gasteiger partial charge on any atom is -0.354 e. The smallest absolute Gasteiger partial charge is 0.262 e. The first-order valence-electron chi connectivity index (χ1n) is 7.67. The fraction of sp³-hybridized carbons (Fsp3) is 0.375. The molecule has 1 fully saturated rings. The fourth-order valence-corrected chi connectivity index (χ4v) is 2.84. The summed E-state index contributed by atoms with van der Waals surface area (Å²) in [6.45, 7) is 0.253. The fourth-order valence-electron chi connectivity index (χ4n) is 2.48. The molecule has 0 radical (unpaired) electrons. The number of amides is 4. The van der Waals surface area contributed by atoms with E-state index in [9.17, 15) is 19.2 Å². The van der Waals surface area contributed by atoms with Crippen molar-refractivity contribution in [3.8, 4) is 0 Å². The first kappa shape index (κ1) is 16.6. The van der Waals surface area contributed by atoms with E-state index in [-0.39, 0.29) is 24.9 Å². The van der Waals surface area contributed by atoms with E-state index in [1.54, 1.807) is 18.2 Å². The highest BCUT2D eigenvalue weighted by molar-refractivity contribution is 9.10. The van der Waals surface area contributed by atoms with Gasteiger partial charge in [-0.3, -0.25) is 24.1 Å². The average Bonchev–Trinajstić information content (AvgIpc) is 3.37. The minimum absolute atomic E-state index is 0.00942. The molecule has 1 aromatic carbocycles. The van der Waals surface area contributed by atoms with Crippen LogP contribution in [0.2, 0.25) is 0 Å². The van der Waals surface area contributed by atoms with Crippen LogP contribution in [0.4, 0.5) is 0 Å². The number of carbonyl (C=O) groups excluding carboxylic acids is 4. The summed E-state index contributed by atoms with van der Waals surface area (Å²) in [6.07, 6.45) is 1.85. The number of hydrogen-bond acceptors (Lipinski definition) is 4. The Hall–Kier alpha value is -2.22. The molecule has 1 heterocycles. The molecule has 1 saturated carbocycles. The van der Waals surface area contributed by atoms with Gasteiger partial charge in [-0.15, -0.1) is 0 Å². The Morgan fingerprint density at radius 1 is 1.08 bits per heavy atom. The number of hydrogen-bond donors (Lipinski definition) is 2. The zero-order chi connectivity index (χ0) is 17.3. The third kappa shape index (κ3) is 3.48. The van der Waals surface area contributed by atoms with Crippen LogP contribution >= 0.6 is 15.9 Å². The van der Waals surface area contributed by atoms with Gasteiger partial charge < -0.3 is 10.6 Å². The Balaban J connectivity index is 1.49. The highest BCUT2D eigenvalue weighted by Crippen LogP contribution is 2.28. The molecule has 8 heteroatoms. The van der Waals surface area contributed by atoms with Crippen LogP contribution in [-0.2, 0) is 9.59 Å². The molecule has 1 aromatic rings. The van der Waals surface area contributed by atoms with Gasteiger partial charge in [0.1, 0.15) is 6.54 Å². The number of nitrogens with zero attached hydrogens (tertiary/aromatic N) is 1. The maximum absolute atomic E-state index is 12.2. The normalized spacial score (nSPS) is 16.1. The summed E-state index contributed by atoms with van der Waals surface area (Å²) in [5.74, 6) is -1.26. The van der Waals surface area contributed by atoms with Gasteiger partial charge in [-0.25, -0.2) is 0 Å². The number of fused-ring (bicyclic) bond motifs is 1. The van der Waals surface area contributed by atoms with Crippen molar-refractivity contribution in [3.63, 3.8) is 0 Å². The van der Waals surface area contributed by atoms with Crippen LogP contribution in [0.25, 0.3) is 0 Å². The van der Waals surface area contributed by atoms with Crippen LogP contribution < -0.4 is 10.6 Å². The number of benzene rings is 1. The van der Waals surface area contributed by atoms with Crippen LogP contribution in [0.15, 0.2) is 22.7 Å². The lowest BCUT2D eigenvalue weighted by molar-refractivity contribution is -0.123. The van der Waals surface area contributed by atoms with Crippen LogP contribution in [-0.4, -0.2) is 48.2 Å². The third-order valence-electron chi connectivity index (χ3n) is 3.93. The van der Waals surface area contributed by atoms with Crippen molar-refractivity contribution >= 4 is 39.6 Å². The van der Waals surface area contributed by atoms with Gasteiger partial charge in [0.2, 0.25) is 11.8 Å². The highest BCUT2D eigenvalue weighted by atomic mass is 79.9. The molecule has 4 amide bonds. The van der Waals surface area contributed by atoms with E-state index in [4.69, 9.17) is 0 Å². The lowest BCUT2D eigenvalue weighted by Crippen LogP contribution is -2.42. The van der Waals surface area contributed by atoms with Crippen molar-refractivity contribution in [2.45, 2.75) is 12.8 Å². The lowest BCUT2D eigenvalue weighted by atomic mass is 10.1. The zero-order valence-electron chi connectivity index (χ0n) is 12.8. The van der Waals surface area contributed by atoms with Gasteiger partial charge in [0.15, 0.2) is 0 Å². The average molecular weight is 394 g/mol. The van der Waals surface area contributed by atoms with Crippen LogP contribution in [0.5, 0.6) is 0 Å². The van der Waals surface area contributed by atoms with Gasteiger partial charge in [-0.2, -0.15) is 0 Å². The summed E-state index contributed by atoms with van der Waals surface area (Å²) in [7, 11) is 0. The minimum atomic E-state index is -0.478. The predicted octanol–water partition coefficient (Wildman–Crippen LogP) is 0.688.